The van der Waals surface area contributed by atoms with Crippen molar-refractivity contribution in [3.8, 4) is 0 Å². The first-order chi connectivity index (χ1) is 8.33. The topological polar surface area (TPSA) is 4.93 Å². The van der Waals surface area contributed by atoms with Crippen LogP contribution in [0, 0.1) is 12.8 Å². The quantitative estimate of drug-likeness (QED) is 0.710. The molecule has 1 aromatic heterocycles. The molecule has 3 rings (SSSR count). The van der Waals surface area contributed by atoms with E-state index in [1.54, 1.807) is 0 Å². The first-order valence-electron chi connectivity index (χ1n) is 6.88. The first kappa shape index (κ1) is 10.9. The number of nitrogens with zero attached hydrogens (tertiary/aromatic N) is 1. The summed E-state index contributed by atoms with van der Waals surface area (Å²) in [4.78, 5) is 0. The highest BCUT2D eigenvalue weighted by molar-refractivity contribution is 5.80. The Bertz CT molecular complexity index is 503. The van der Waals surface area contributed by atoms with Crippen LogP contribution in [0.5, 0.6) is 0 Å². The number of aromatic nitrogens is 1. The molecule has 0 unspecified atom stereocenters. The fourth-order valence-corrected chi connectivity index (χ4v) is 3.13. The number of hydrogen-bond donors (Lipinski definition) is 0. The van der Waals surface area contributed by atoms with Crippen molar-refractivity contribution in [2.45, 2.75) is 45.6 Å². The Kier molecular flexibility index (Phi) is 2.92. The summed E-state index contributed by atoms with van der Waals surface area (Å²) < 4.78 is 2.45. The van der Waals surface area contributed by atoms with E-state index in [0.717, 1.165) is 5.92 Å². The van der Waals surface area contributed by atoms with Gasteiger partial charge in [0.2, 0.25) is 0 Å². The Morgan fingerprint density at radius 1 is 1.12 bits per heavy atom. The number of benzene rings is 1. The summed E-state index contributed by atoms with van der Waals surface area (Å²) >= 11 is 0. The van der Waals surface area contributed by atoms with E-state index in [0.29, 0.717) is 0 Å². The minimum atomic E-state index is 0.903. The third-order valence-electron chi connectivity index (χ3n) is 4.11. The highest BCUT2D eigenvalue weighted by atomic mass is 15.0. The molecule has 1 nitrogen and oxygen atoms in total. The van der Waals surface area contributed by atoms with E-state index in [2.05, 4.69) is 42.0 Å². The van der Waals surface area contributed by atoms with Gasteiger partial charge >= 0.3 is 0 Å². The maximum Gasteiger partial charge on any atom is 0.0480 e. The fourth-order valence-electron chi connectivity index (χ4n) is 3.13. The van der Waals surface area contributed by atoms with Gasteiger partial charge in [-0.1, -0.05) is 30.9 Å². The molecule has 90 valence electrons. The molecule has 0 aliphatic heterocycles. The molecule has 1 heteroatoms. The Morgan fingerprint density at radius 2 is 1.94 bits per heavy atom. The molecule has 0 bridgehead atoms. The summed E-state index contributed by atoms with van der Waals surface area (Å²) in [5, 5.41) is 1.39. The van der Waals surface area contributed by atoms with E-state index < -0.39 is 0 Å². The normalized spacial score (nSPS) is 17.7. The van der Waals surface area contributed by atoms with Gasteiger partial charge in [-0.05, 0) is 49.3 Å². The lowest BCUT2D eigenvalue weighted by Crippen LogP contribution is -2.13. The lowest BCUT2D eigenvalue weighted by atomic mass is 9.89. The van der Waals surface area contributed by atoms with Gasteiger partial charge in [-0.25, -0.2) is 0 Å². The molecule has 1 aromatic carbocycles. The van der Waals surface area contributed by atoms with Gasteiger partial charge in [-0.15, -0.1) is 0 Å². The summed E-state index contributed by atoms with van der Waals surface area (Å²) in [5.41, 5.74) is 2.76. The molecule has 1 heterocycles. The van der Waals surface area contributed by atoms with Crippen LogP contribution < -0.4 is 0 Å². The Balaban J connectivity index is 1.84. The Morgan fingerprint density at radius 3 is 2.76 bits per heavy atom. The van der Waals surface area contributed by atoms with Crippen molar-refractivity contribution in [3.63, 3.8) is 0 Å². The number of aryl methyl sites for hydroxylation is 1. The van der Waals surface area contributed by atoms with Gasteiger partial charge in [0.1, 0.15) is 0 Å². The highest BCUT2D eigenvalue weighted by Crippen LogP contribution is 2.27. The summed E-state index contributed by atoms with van der Waals surface area (Å²) in [7, 11) is 0. The van der Waals surface area contributed by atoms with Crippen molar-refractivity contribution >= 4 is 10.9 Å². The minimum absolute atomic E-state index is 0.903. The van der Waals surface area contributed by atoms with E-state index in [4.69, 9.17) is 0 Å². The molecule has 0 N–H and O–H groups in total. The second kappa shape index (κ2) is 4.56. The van der Waals surface area contributed by atoms with Crippen molar-refractivity contribution in [3.05, 3.63) is 36.0 Å². The van der Waals surface area contributed by atoms with Gasteiger partial charge in [-0.2, -0.15) is 0 Å². The van der Waals surface area contributed by atoms with Gasteiger partial charge in [0.05, 0.1) is 0 Å². The predicted molar refractivity (Wildman–Crippen MR) is 73.3 cm³/mol. The minimum Gasteiger partial charge on any atom is -0.347 e. The lowest BCUT2D eigenvalue weighted by molar-refractivity contribution is 0.322. The summed E-state index contributed by atoms with van der Waals surface area (Å²) in [5.74, 6) is 0.903. The molecule has 2 aromatic rings. The molecule has 0 radical (unpaired) electrons. The van der Waals surface area contributed by atoms with Crippen LogP contribution in [0.4, 0.5) is 0 Å². The molecule has 1 saturated carbocycles. The number of fused-ring (bicyclic) bond motifs is 1. The lowest BCUT2D eigenvalue weighted by Gasteiger charge is -2.22. The van der Waals surface area contributed by atoms with Crippen molar-refractivity contribution in [1.29, 1.82) is 0 Å². The average Bonchev–Trinajstić information content (AvgIpc) is 2.73. The zero-order valence-electron chi connectivity index (χ0n) is 10.7. The van der Waals surface area contributed by atoms with Crippen molar-refractivity contribution in [2.75, 3.05) is 0 Å². The molecule has 0 spiro atoms. The molecule has 1 aliphatic rings. The molecule has 0 saturated heterocycles. The Labute approximate surface area is 103 Å². The van der Waals surface area contributed by atoms with Crippen molar-refractivity contribution in [2.24, 2.45) is 5.92 Å². The Hall–Kier alpha value is -1.24. The zero-order chi connectivity index (χ0) is 11.7. The van der Waals surface area contributed by atoms with E-state index in [1.165, 1.54) is 55.1 Å². The third kappa shape index (κ3) is 2.24. The van der Waals surface area contributed by atoms with Crippen molar-refractivity contribution < 1.29 is 0 Å². The van der Waals surface area contributed by atoms with Gasteiger partial charge in [0.25, 0.3) is 0 Å². The number of rotatable bonds is 2. The van der Waals surface area contributed by atoms with Crippen LogP contribution in [0.15, 0.2) is 30.5 Å². The summed E-state index contributed by atoms with van der Waals surface area (Å²) in [6.45, 7) is 3.38. The molecule has 0 atom stereocenters. The maximum atomic E-state index is 2.45. The van der Waals surface area contributed by atoms with Gasteiger partial charge in [0, 0.05) is 18.3 Å². The number of hydrogen-bond acceptors (Lipinski definition) is 0. The van der Waals surface area contributed by atoms with E-state index >= 15 is 0 Å². The van der Waals surface area contributed by atoms with E-state index in [1.807, 2.05) is 0 Å². The molecule has 1 aliphatic carbocycles. The third-order valence-corrected chi connectivity index (χ3v) is 4.11. The molecular weight excluding hydrogens is 206 g/mol. The first-order valence-corrected chi connectivity index (χ1v) is 6.88. The largest absolute Gasteiger partial charge is 0.347 e. The smallest absolute Gasteiger partial charge is 0.0480 e. The second-order valence-corrected chi connectivity index (χ2v) is 5.53. The van der Waals surface area contributed by atoms with Crippen LogP contribution >= 0.6 is 0 Å². The van der Waals surface area contributed by atoms with Crippen LogP contribution in [-0.4, -0.2) is 4.57 Å². The van der Waals surface area contributed by atoms with Crippen LogP contribution in [0.2, 0.25) is 0 Å². The van der Waals surface area contributed by atoms with Crippen LogP contribution in [0.1, 0.15) is 37.7 Å². The SMILES string of the molecule is Cc1ccc2c(ccn2CC2CCCCC2)c1. The van der Waals surface area contributed by atoms with Gasteiger partial charge < -0.3 is 4.57 Å². The molecular formula is C16H21N. The molecule has 17 heavy (non-hydrogen) atoms. The van der Waals surface area contributed by atoms with Crippen LogP contribution in [-0.2, 0) is 6.54 Å². The molecule has 0 amide bonds. The van der Waals surface area contributed by atoms with Crippen LogP contribution in [0.3, 0.4) is 0 Å². The van der Waals surface area contributed by atoms with E-state index in [-0.39, 0.29) is 0 Å². The van der Waals surface area contributed by atoms with Crippen LogP contribution in [0.25, 0.3) is 10.9 Å². The van der Waals surface area contributed by atoms with Gasteiger partial charge in [-0.3, -0.25) is 0 Å². The monoisotopic (exact) mass is 227 g/mol. The molecule has 1 fully saturated rings. The second-order valence-electron chi connectivity index (χ2n) is 5.53. The maximum absolute atomic E-state index is 2.45. The highest BCUT2D eigenvalue weighted by Gasteiger charge is 2.14. The summed E-state index contributed by atoms with van der Waals surface area (Å²) in [6.07, 6.45) is 9.42. The van der Waals surface area contributed by atoms with Gasteiger partial charge in [0.15, 0.2) is 0 Å². The zero-order valence-corrected chi connectivity index (χ0v) is 10.7. The summed E-state index contributed by atoms with van der Waals surface area (Å²) in [6, 6.07) is 9.03. The van der Waals surface area contributed by atoms with E-state index in [9.17, 15) is 0 Å². The standard InChI is InChI=1S/C16H21N/c1-13-7-8-16-15(11-13)9-10-17(16)12-14-5-3-2-4-6-14/h7-11,14H,2-6,12H2,1H3. The fraction of sp³-hybridized carbons (Fsp3) is 0.500. The van der Waals surface area contributed by atoms with Crippen molar-refractivity contribution in [1.82, 2.24) is 4.57 Å². The average molecular weight is 227 g/mol. The predicted octanol–water partition coefficient (Wildman–Crippen LogP) is 4.53.